The monoisotopic (exact) mass is 675 g/mol. The number of hydrogen-bond donors (Lipinski definition) is 2. The standard InChI is InChI=1S/C34H39F2N9O4/c1-42-10-12-43(13-11-42)31(46)21-4-8-23(9-5-21)38-34(47)37-22-6-2-20(3-7-22)30-39-32(44-24-14-26(35)28(44)18-48-16-24)41-33(40-30)45-25-15-27(36)29(45)19-49-17-25/h2-9,24-29H,10-19H2,1H3,(H2,37,38,47)/t24-,25-,26-,27-,28-,29-/m0/s1. The number of morpholine rings is 2. The van der Waals surface area contributed by atoms with Crippen LogP contribution in [-0.4, -0.2) is 133 Å². The summed E-state index contributed by atoms with van der Waals surface area (Å²) < 4.78 is 41.2. The molecule has 6 heterocycles. The van der Waals surface area contributed by atoms with Gasteiger partial charge in [-0.2, -0.15) is 15.0 Å². The number of carbonyl (C=O) groups is 2. The molecule has 0 aliphatic carbocycles. The summed E-state index contributed by atoms with van der Waals surface area (Å²) in [7, 11) is 2.04. The number of amides is 3. The number of anilines is 4. The average Bonchev–Trinajstić information content (AvgIpc) is 3.42. The maximum Gasteiger partial charge on any atom is 0.323 e. The number of nitrogens with zero attached hydrogens (tertiary/aromatic N) is 7. The zero-order chi connectivity index (χ0) is 33.6. The molecule has 258 valence electrons. The van der Waals surface area contributed by atoms with Crippen molar-refractivity contribution in [3.05, 3.63) is 54.1 Å². The number of likely N-dealkylation sites (N-methyl/N-ethyl adjacent to an activating group) is 1. The Kier molecular flexibility index (Phi) is 8.49. The molecule has 13 nitrogen and oxygen atoms in total. The normalized spacial score (nSPS) is 28.1. The van der Waals surface area contributed by atoms with Crippen LogP contribution in [-0.2, 0) is 9.47 Å². The van der Waals surface area contributed by atoms with Gasteiger partial charge in [0.25, 0.3) is 5.91 Å². The summed E-state index contributed by atoms with van der Waals surface area (Å²) >= 11 is 0. The molecule has 5 fully saturated rings. The number of carbonyl (C=O) groups excluding carboxylic acids is 2. The first-order valence-corrected chi connectivity index (χ1v) is 16.8. The van der Waals surface area contributed by atoms with Crippen LogP contribution in [0.3, 0.4) is 0 Å². The van der Waals surface area contributed by atoms with E-state index in [2.05, 4.69) is 15.5 Å². The van der Waals surface area contributed by atoms with Crippen molar-refractivity contribution < 1.29 is 27.8 Å². The maximum absolute atomic E-state index is 15.0. The third-order valence-corrected chi connectivity index (χ3v) is 10.2. The summed E-state index contributed by atoms with van der Waals surface area (Å²) in [5.74, 6) is 1.04. The highest BCUT2D eigenvalue weighted by molar-refractivity contribution is 6.00. The Labute approximate surface area is 282 Å². The van der Waals surface area contributed by atoms with Crippen LogP contribution in [0.5, 0.6) is 0 Å². The Bertz CT molecular complexity index is 1640. The van der Waals surface area contributed by atoms with Crippen molar-refractivity contribution >= 4 is 35.2 Å². The van der Waals surface area contributed by atoms with Crippen molar-refractivity contribution in [2.75, 3.05) is 80.1 Å². The molecule has 8 rings (SSSR count). The van der Waals surface area contributed by atoms with Gasteiger partial charge in [-0.05, 0) is 55.6 Å². The van der Waals surface area contributed by atoms with E-state index in [4.69, 9.17) is 24.4 Å². The Balaban J connectivity index is 0.980. The fraction of sp³-hybridized carbons (Fsp3) is 0.500. The van der Waals surface area contributed by atoms with E-state index >= 15 is 0 Å². The molecule has 15 heteroatoms. The summed E-state index contributed by atoms with van der Waals surface area (Å²) in [6, 6.07) is 12.0. The largest absolute Gasteiger partial charge is 0.377 e. The smallest absolute Gasteiger partial charge is 0.323 e. The molecule has 5 aliphatic heterocycles. The molecule has 49 heavy (non-hydrogen) atoms. The number of rotatable bonds is 6. The molecular weight excluding hydrogens is 636 g/mol. The van der Waals surface area contributed by atoms with Crippen LogP contribution in [0.1, 0.15) is 23.2 Å². The van der Waals surface area contributed by atoms with E-state index in [1.54, 1.807) is 48.5 Å². The first kappa shape index (κ1) is 31.8. The number of aromatic nitrogens is 3. The molecule has 0 saturated carbocycles. The number of alkyl halides is 2. The predicted octanol–water partition coefficient (Wildman–Crippen LogP) is 3.20. The average molecular weight is 676 g/mol. The van der Waals surface area contributed by atoms with Crippen molar-refractivity contribution in [3.63, 3.8) is 0 Å². The number of fused-ring (bicyclic) bond motifs is 4. The minimum absolute atomic E-state index is 0.0190. The summed E-state index contributed by atoms with van der Waals surface area (Å²) in [5.41, 5.74) is 2.32. The first-order valence-electron chi connectivity index (χ1n) is 16.8. The number of hydrogen-bond acceptors (Lipinski definition) is 10. The minimum atomic E-state index is -1.06. The molecule has 5 saturated heterocycles. The Morgan fingerprint density at radius 2 is 1.22 bits per heavy atom. The molecule has 5 aliphatic rings. The van der Waals surface area contributed by atoms with Crippen LogP contribution in [0.2, 0.25) is 0 Å². The van der Waals surface area contributed by atoms with Crippen molar-refractivity contribution in [2.24, 2.45) is 0 Å². The number of halogens is 2. The van der Waals surface area contributed by atoms with Crippen LogP contribution >= 0.6 is 0 Å². The first-order chi connectivity index (χ1) is 23.8. The van der Waals surface area contributed by atoms with Crippen LogP contribution in [0, 0.1) is 0 Å². The molecule has 2 N–H and O–H groups in total. The minimum Gasteiger partial charge on any atom is -0.377 e. The second kappa shape index (κ2) is 13.1. The second-order valence-corrected chi connectivity index (χ2v) is 13.4. The molecule has 6 atom stereocenters. The van der Waals surface area contributed by atoms with Gasteiger partial charge in [0, 0.05) is 61.5 Å². The fourth-order valence-corrected chi connectivity index (χ4v) is 7.49. The van der Waals surface area contributed by atoms with Crippen LogP contribution in [0.4, 0.5) is 36.8 Å². The molecule has 2 aromatic carbocycles. The molecule has 0 spiro atoms. The van der Waals surface area contributed by atoms with Crippen molar-refractivity contribution in [1.29, 1.82) is 0 Å². The third kappa shape index (κ3) is 6.26. The van der Waals surface area contributed by atoms with Gasteiger partial charge in [-0.25, -0.2) is 13.6 Å². The van der Waals surface area contributed by atoms with E-state index in [0.29, 0.717) is 79.4 Å². The molecule has 4 bridgehead atoms. The maximum atomic E-state index is 15.0. The topological polar surface area (TPSA) is 128 Å². The number of urea groups is 1. The van der Waals surface area contributed by atoms with Gasteiger partial charge in [-0.1, -0.05) is 0 Å². The number of benzene rings is 2. The lowest BCUT2D eigenvalue weighted by Gasteiger charge is -2.37. The number of piperazine rings is 1. The van der Waals surface area contributed by atoms with E-state index in [0.717, 1.165) is 13.1 Å². The number of ether oxygens (including phenoxy) is 2. The van der Waals surface area contributed by atoms with Gasteiger partial charge >= 0.3 is 6.03 Å². The van der Waals surface area contributed by atoms with Crippen molar-refractivity contribution in [3.8, 4) is 11.4 Å². The molecule has 3 amide bonds. The lowest BCUT2D eigenvalue weighted by atomic mass is 10.1. The van der Waals surface area contributed by atoms with Gasteiger partial charge in [0.15, 0.2) is 5.82 Å². The lowest BCUT2D eigenvalue weighted by molar-refractivity contribution is 0.0664. The molecule has 0 unspecified atom stereocenters. The quantitative estimate of drug-likeness (QED) is 0.402. The lowest BCUT2D eigenvalue weighted by Crippen LogP contribution is -2.50. The van der Waals surface area contributed by atoms with Gasteiger partial charge in [0.1, 0.15) is 12.3 Å². The Hall–Kier alpha value is -4.47. The summed E-state index contributed by atoms with van der Waals surface area (Å²) in [4.78, 5) is 47.9. The third-order valence-electron chi connectivity index (χ3n) is 10.2. The summed E-state index contributed by atoms with van der Waals surface area (Å²) in [5, 5.41) is 5.63. The van der Waals surface area contributed by atoms with Gasteiger partial charge in [0.05, 0.1) is 50.6 Å². The van der Waals surface area contributed by atoms with Gasteiger partial charge in [-0.3, -0.25) is 4.79 Å². The molecule has 1 aromatic heterocycles. The number of nitrogens with one attached hydrogen (secondary N) is 2. The second-order valence-electron chi connectivity index (χ2n) is 13.4. The SMILES string of the molecule is CN1CCN(C(=O)c2ccc(NC(=O)Nc3ccc(-c4nc(N5[C@@H]6COC[C@H]5[C@@H](F)C6)nc(N5[C@@H]6COC[C@H]5[C@@H](F)C6)n4)cc3)cc2)CC1. The van der Waals surface area contributed by atoms with Crippen molar-refractivity contribution in [2.45, 2.75) is 49.4 Å². The van der Waals surface area contributed by atoms with Gasteiger partial charge < -0.3 is 39.7 Å². The Morgan fingerprint density at radius 1 is 0.714 bits per heavy atom. The Morgan fingerprint density at radius 3 is 1.73 bits per heavy atom. The summed E-state index contributed by atoms with van der Waals surface area (Å²) in [6.45, 7) is 4.31. The van der Waals surface area contributed by atoms with Crippen LogP contribution < -0.4 is 20.4 Å². The van der Waals surface area contributed by atoms with Crippen LogP contribution in [0.25, 0.3) is 11.4 Å². The van der Waals surface area contributed by atoms with E-state index in [-0.39, 0.29) is 31.2 Å². The molecular formula is C34H39F2N9O4. The van der Waals surface area contributed by atoms with E-state index < -0.39 is 30.5 Å². The van der Waals surface area contributed by atoms with E-state index in [1.165, 1.54) is 0 Å². The predicted molar refractivity (Wildman–Crippen MR) is 179 cm³/mol. The van der Waals surface area contributed by atoms with Gasteiger partial charge in [-0.15, -0.1) is 0 Å². The van der Waals surface area contributed by atoms with E-state index in [1.807, 2.05) is 21.7 Å². The van der Waals surface area contributed by atoms with E-state index in [9.17, 15) is 18.4 Å². The van der Waals surface area contributed by atoms with Crippen molar-refractivity contribution in [1.82, 2.24) is 24.8 Å². The fourth-order valence-electron chi connectivity index (χ4n) is 7.49. The highest BCUT2D eigenvalue weighted by Crippen LogP contribution is 2.38. The van der Waals surface area contributed by atoms with Gasteiger partial charge in [0.2, 0.25) is 11.9 Å². The zero-order valence-electron chi connectivity index (χ0n) is 27.2. The molecule has 3 aromatic rings. The zero-order valence-corrected chi connectivity index (χ0v) is 27.2. The highest BCUT2D eigenvalue weighted by Gasteiger charge is 2.49. The van der Waals surface area contributed by atoms with Crippen LogP contribution in [0.15, 0.2) is 48.5 Å². The highest BCUT2D eigenvalue weighted by atomic mass is 19.1. The summed E-state index contributed by atoms with van der Waals surface area (Å²) in [6.07, 6.45) is -1.47. The molecule has 0 radical (unpaired) electrons.